The van der Waals surface area contributed by atoms with E-state index in [-0.39, 0.29) is 37.6 Å². The molecule has 16 nitrogen and oxygen atoms in total. The van der Waals surface area contributed by atoms with Crippen LogP contribution in [0.4, 0.5) is 0 Å². The first kappa shape index (κ1) is 33.0. The van der Waals surface area contributed by atoms with Crippen LogP contribution in [0.1, 0.15) is 31.4 Å². The van der Waals surface area contributed by atoms with Crippen molar-refractivity contribution < 1.29 is 49.9 Å². The average Bonchev–Trinajstić information content (AvgIpc) is 3.17. The minimum Gasteiger partial charge on any atom is -0.481 e. The lowest BCUT2D eigenvalue weighted by Gasteiger charge is -2.02. The maximum Gasteiger partial charge on any atom is 0.320 e. The van der Waals surface area contributed by atoms with Crippen LogP contribution >= 0.6 is 0 Å². The maximum absolute atomic E-state index is 10.3. The van der Waals surface area contributed by atoms with E-state index < -0.39 is 47.9 Å². The zero-order valence-electron chi connectivity index (χ0n) is 17.0. The Morgan fingerprint density at radius 1 is 0.844 bits per heavy atom. The molecule has 3 atom stereocenters. The number of rotatable bonds is 11. The number of nitrogens with two attached hydrogens (primary N) is 4. The molecule has 0 saturated carbocycles. The number of carbonyl (C=O) groups excluding carboxylic acids is 1. The molecular formula is C16H30N6O10. The van der Waals surface area contributed by atoms with Gasteiger partial charge in [-0.15, -0.1) is 0 Å². The second kappa shape index (κ2) is 18.2. The van der Waals surface area contributed by atoms with Gasteiger partial charge >= 0.3 is 23.9 Å². The van der Waals surface area contributed by atoms with Crippen LogP contribution in [0.15, 0.2) is 12.5 Å². The topological polar surface area (TPSA) is 331 Å². The van der Waals surface area contributed by atoms with E-state index in [1.54, 1.807) is 6.20 Å². The molecule has 0 radical (unpaired) electrons. The zero-order chi connectivity index (χ0) is 24.6. The van der Waals surface area contributed by atoms with Crippen molar-refractivity contribution in [3.8, 4) is 0 Å². The van der Waals surface area contributed by atoms with Crippen molar-refractivity contribution in [2.45, 2.75) is 50.2 Å². The summed E-state index contributed by atoms with van der Waals surface area (Å²) in [5, 5.41) is 32.9. The number of primary amides is 1. The van der Waals surface area contributed by atoms with Gasteiger partial charge in [0.05, 0.1) is 6.33 Å². The normalized spacial score (nSPS) is 12.2. The molecule has 16 heteroatoms. The van der Waals surface area contributed by atoms with Crippen molar-refractivity contribution in [1.82, 2.24) is 9.97 Å². The summed E-state index contributed by atoms with van der Waals surface area (Å²) in [5.41, 5.74) is 20.8. The lowest BCUT2D eigenvalue weighted by Crippen LogP contribution is -2.32. The number of imidazole rings is 1. The van der Waals surface area contributed by atoms with Crippen molar-refractivity contribution >= 4 is 29.8 Å². The number of aliphatic carboxylic acids is 4. The van der Waals surface area contributed by atoms with Gasteiger partial charge in [0.15, 0.2) is 0 Å². The van der Waals surface area contributed by atoms with Gasteiger partial charge in [-0.1, -0.05) is 0 Å². The van der Waals surface area contributed by atoms with E-state index in [0.717, 1.165) is 5.69 Å². The van der Waals surface area contributed by atoms with Crippen molar-refractivity contribution in [2.24, 2.45) is 22.9 Å². The number of carboxylic acids is 4. The second-order valence-electron chi connectivity index (χ2n) is 6.05. The largest absolute Gasteiger partial charge is 0.481 e. The molecule has 0 bridgehead atoms. The Balaban J connectivity index is -0.000000389. The number of carboxylic acid groups (broad SMARTS) is 4. The van der Waals surface area contributed by atoms with Crippen LogP contribution in [0.2, 0.25) is 0 Å². The Hall–Kier alpha value is -3.60. The monoisotopic (exact) mass is 466 g/mol. The molecule has 0 saturated heterocycles. The summed E-state index contributed by atoms with van der Waals surface area (Å²) in [5.74, 6) is -4.84. The molecule has 0 aromatic carbocycles. The van der Waals surface area contributed by atoms with Gasteiger partial charge in [0.2, 0.25) is 5.91 Å². The van der Waals surface area contributed by atoms with E-state index >= 15 is 0 Å². The van der Waals surface area contributed by atoms with Gasteiger partial charge in [-0.2, -0.15) is 0 Å². The summed E-state index contributed by atoms with van der Waals surface area (Å²) in [7, 11) is 0. The van der Waals surface area contributed by atoms with Crippen LogP contribution in [0, 0.1) is 0 Å². The highest BCUT2D eigenvalue weighted by molar-refractivity contribution is 5.77. The molecule has 0 unspecified atom stereocenters. The molecule has 0 aliphatic rings. The Morgan fingerprint density at radius 3 is 1.59 bits per heavy atom. The van der Waals surface area contributed by atoms with Gasteiger partial charge in [0.1, 0.15) is 18.1 Å². The van der Waals surface area contributed by atoms with E-state index in [1.165, 1.54) is 6.33 Å². The van der Waals surface area contributed by atoms with Gasteiger partial charge in [-0.05, 0) is 12.8 Å². The molecule has 15 N–H and O–H groups in total. The zero-order valence-corrected chi connectivity index (χ0v) is 17.0. The second-order valence-corrected chi connectivity index (χ2v) is 6.05. The first-order valence-electron chi connectivity index (χ1n) is 8.70. The Bertz CT molecular complexity index is 678. The quantitative estimate of drug-likeness (QED) is 0.153. The molecule has 0 aliphatic carbocycles. The van der Waals surface area contributed by atoms with Crippen molar-refractivity contribution in [3.05, 3.63) is 18.2 Å². The molecule has 1 heterocycles. The highest BCUT2D eigenvalue weighted by atomic mass is 16.4. The number of aromatic nitrogens is 2. The van der Waals surface area contributed by atoms with Crippen molar-refractivity contribution in [3.63, 3.8) is 0 Å². The van der Waals surface area contributed by atoms with Crippen LogP contribution in [-0.4, -0.2) is 83.8 Å². The number of amides is 1. The molecule has 1 rings (SSSR count). The van der Waals surface area contributed by atoms with E-state index in [0.29, 0.717) is 0 Å². The number of H-pyrrole nitrogens is 1. The standard InChI is InChI=1S/C6H9N3O2.C5H10N2O3.C5H9NO4.H2O/c7-5(6(10)11)1-4-2-8-3-9-4;2*6-3(5(9)10)1-2-4(7)8;/h2-3,5H,1,7H2,(H,8,9)(H,10,11);3H,1-2,6H2,(H2,7,8)(H,9,10);3H,1-2,6H2,(H,7,8)(H,9,10);1H2/t5-;2*3-;/m000./s1. The van der Waals surface area contributed by atoms with Crippen molar-refractivity contribution in [2.75, 3.05) is 0 Å². The smallest absolute Gasteiger partial charge is 0.320 e. The molecule has 0 aliphatic heterocycles. The molecular weight excluding hydrogens is 436 g/mol. The summed E-state index contributed by atoms with van der Waals surface area (Å²) < 4.78 is 0. The highest BCUT2D eigenvalue weighted by Gasteiger charge is 2.13. The van der Waals surface area contributed by atoms with E-state index in [4.69, 9.17) is 43.4 Å². The molecule has 184 valence electrons. The van der Waals surface area contributed by atoms with E-state index in [1.807, 2.05) is 0 Å². The van der Waals surface area contributed by atoms with Gasteiger partial charge in [0, 0.05) is 31.2 Å². The third-order valence-electron chi connectivity index (χ3n) is 3.32. The minimum absolute atomic E-state index is 0. The van der Waals surface area contributed by atoms with Gasteiger partial charge < -0.3 is 53.8 Å². The molecule has 0 fully saturated rings. The summed E-state index contributed by atoms with van der Waals surface area (Å²) >= 11 is 0. The molecule has 32 heavy (non-hydrogen) atoms. The Labute approximate surface area is 181 Å². The fourth-order valence-corrected chi connectivity index (χ4v) is 1.54. The van der Waals surface area contributed by atoms with Crippen LogP contribution < -0.4 is 22.9 Å². The number of nitrogens with zero attached hydrogens (tertiary/aromatic N) is 1. The van der Waals surface area contributed by atoms with Crippen molar-refractivity contribution in [1.29, 1.82) is 0 Å². The van der Waals surface area contributed by atoms with Gasteiger partial charge in [-0.25, -0.2) is 4.98 Å². The summed E-state index contributed by atoms with van der Waals surface area (Å²) in [6.45, 7) is 0. The SMILES string of the molecule is NC(=O)CC[C@H](N)C(=O)O.N[C@@H](CCC(=O)O)C(=O)O.N[C@@H](Cc1cnc[nH]1)C(=O)O.O. The third kappa shape index (κ3) is 19.7. The van der Waals surface area contributed by atoms with E-state index in [2.05, 4.69) is 9.97 Å². The van der Waals surface area contributed by atoms with Gasteiger partial charge in [0.25, 0.3) is 0 Å². The Kier molecular flexibility index (Phi) is 18.8. The maximum atomic E-state index is 10.3. The third-order valence-corrected chi connectivity index (χ3v) is 3.32. The van der Waals surface area contributed by atoms with Crippen LogP contribution in [-0.2, 0) is 30.4 Å². The van der Waals surface area contributed by atoms with E-state index in [9.17, 15) is 24.0 Å². The number of aromatic amines is 1. The predicted octanol–water partition coefficient (Wildman–Crippen LogP) is -3.53. The highest BCUT2D eigenvalue weighted by Crippen LogP contribution is 1.95. The first-order chi connectivity index (χ1) is 14.3. The molecule has 0 spiro atoms. The lowest BCUT2D eigenvalue weighted by atomic mass is 10.2. The van der Waals surface area contributed by atoms with Crippen LogP contribution in [0.5, 0.6) is 0 Å². The fourth-order valence-electron chi connectivity index (χ4n) is 1.54. The molecule has 1 amide bonds. The van der Waals surface area contributed by atoms with Crippen LogP contribution in [0.25, 0.3) is 0 Å². The lowest BCUT2D eigenvalue weighted by molar-refractivity contribution is -0.141. The van der Waals surface area contributed by atoms with Gasteiger partial charge in [-0.3, -0.25) is 24.0 Å². The molecule has 1 aromatic rings. The average molecular weight is 466 g/mol. The summed E-state index contributed by atoms with van der Waals surface area (Å²) in [6.07, 6.45) is 3.23. The Morgan fingerprint density at radius 2 is 1.28 bits per heavy atom. The first-order valence-corrected chi connectivity index (χ1v) is 8.70. The summed E-state index contributed by atoms with van der Waals surface area (Å²) in [6, 6.07) is -2.89. The number of carbonyl (C=O) groups is 5. The fraction of sp³-hybridized carbons (Fsp3) is 0.500. The molecule has 1 aromatic heterocycles. The van der Waals surface area contributed by atoms with Crippen LogP contribution in [0.3, 0.4) is 0 Å². The number of hydrogen-bond donors (Lipinski definition) is 9. The number of hydrogen-bond acceptors (Lipinski definition) is 9. The minimum atomic E-state index is -1.17. The number of nitrogens with one attached hydrogen (secondary N) is 1. The predicted molar refractivity (Wildman–Crippen MR) is 108 cm³/mol. The summed E-state index contributed by atoms with van der Waals surface area (Å²) in [4.78, 5) is 56.8.